The van der Waals surface area contributed by atoms with Crippen LogP contribution in [-0.2, 0) is 4.79 Å². The van der Waals surface area contributed by atoms with Crippen LogP contribution in [0.25, 0.3) is 10.9 Å². The number of carbonyl (C=O) groups is 2. The number of amides is 1. The summed E-state index contributed by atoms with van der Waals surface area (Å²) in [5.41, 5.74) is 1.51. The van der Waals surface area contributed by atoms with Gasteiger partial charge >= 0.3 is 5.97 Å². The van der Waals surface area contributed by atoms with E-state index in [2.05, 4.69) is 4.98 Å². The summed E-state index contributed by atoms with van der Waals surface area (Å²) in [6.45, 7) is 1.16. The lowest BCUT2D eigenvalue weighted by molar-refractivity contribution is -0.138. The number of hydrogen-bond donors (Lipinski definition) is 2. The van der Waals surface area contributed by atoms with Crippen molar-refractivity contribution in [3.05, 3.63) is 36.0 Å². The van der Waals surface area contributed by atoms with Crippen molar-refractivity contribution in [2.24, 2.45) is 5.92 Å². The first kappa shape index (κ1) is 12.7. The maximum atomic E-state index is 12.4. The van der Waals surface area contributed by atoms with Crippen molar-refractivity contribution in [2.75, 3.05) is 13.1 Å². The SMILES string of the molecule is O=C(O)CC1CCN(C(=O)c2cc3ccccc3[nH]2)C1. The molecule has 1 aliphatic heterocycles. The van der Waals surface area contributed by atoms with Crippen LogP contribution in [0.3, 0.4) is 0 Å². The second kappa shape index (κ2) is 5.00. The van der Waals surface area contributed by atoms with Crippen LogP contribution in [-0.4, -0.2) is 40.0 Å². The summed E-state index contributed by atoms with van der Waals surface area (Å²) in [6.07, 6.45) is 0.898. The Morgan fingerprint density at radius 2 is 2.15 bits per heavy atom. The molecule has 0 radical (unpaired) electrons. The summed E-state index contributed by atoms with van der Waals surface area (Å²) < 4.78 is 0. The number of nitrogens with one attached hydrogen (secondary N) is 1. The van der Waals surface area contributed by atoms with Crippen molar-refractivity contribution >= 4 is 22.8 Å². The van der Waals surface area contributed by atoms with Crippen molar-refractivity contribution in [3.63, 3.8) is 0 Å². The van der Waals surface area contributed by atoms with Gasteiger partial charge < -0.3 is 15.0 Å². The highest BCUT2D eigenvalue weighted by Gasteiger charge is 2.28. The van der Waals surface area contributed by atoms with Crippen LogP contribution in [0.5, 0.6) is 0 Å². The summed E-state index contributed by atoms with van der Waals surface area (Å²) in [5, 5.41) is 9.81. The maximum absolute atomic E-state index is 12.4. The highest BCUT2D eigenvalue weighted by Crippen LogP contribution is 2.22. The predicted octanol–water partition coefficient (Wildman–Crippen LogP) is 2.10. The molecule has 1 saturated heterocycles. The van der Waals surface area contributed by atoms with Gasteiger partial charge in [-0.25, -0.2) is 0 Å². The Labute approximate surface area is 116 Å². The van der Waals surface area contributed by atoms with E-state index >= 15 is 0 Å². The average Bonchev–Trinajstić information content (AvgIpc) is 3.03. The number of carboxylic acids is 1. The van der Waals surface area contributed by atoms with E-state index in [4.69, 9.17) is 5.11 Å². The number of likely N-dealkylation sites (tertiary alicyclic amines) is 1. The third-order valence-corrected chi connectivity index (χ3v) is 3.80. The Bertz CT molecular complexity index is 629. The number of aliphatic carboxylic acids is 1. The third kappa shape index (κ3) is 2.39. The number of fused-ring (bicyclic) bond motifs is 1. The molecular weight excluding hydrogens is 256 g/mol. The number of nitrogens with zero attached hydrogens (tertiary/aromatic N) is 1. The number of benzene rings is 1. The van der Waals surface area contributed by atoms with E-state index in [1.54, 1.807) is 4.90 Å². The molecule has 20 heavy (non-hydrogen) atoms. The first-order valence-corrected chi connectivity index (χ1v) is 6.72. The minimum absolute atomic E-state index is 0.0471. The molecule has 1 aromatic heterocycles. The second-order valence-electron chi connectivity index (χ2n) is 5.27. The van der Waals surface area contributed by atoms with Crippen molar-refractivity contribution in [3.8, 4) is 0 Å². The summed E-state index contributed by atoms with van der Waals surface area (Å²) in [6, 6.07) is 9.60. The number of H-pyrrole nitrogens is 1. The molecule has 2 aromatic rings. The Morgan fingerprint density at radius 3 is 2.90 bits per heavy atom. The molecule has 1 aliphatic rings. The van der Waals surface area contributed by atoms with Crippen LogP contribution in [0.2, 0.25) is 0 Å². The maximum Gasteiger partial charge on any atom is 0.303 e. The summed E-state index contributed by atoms with van der Waals surface area (Å²) in [7, 11) is 0. The fourth-order valence-corrected chi connectivity index (χ4v) is 2.79. The minimum atomic E-state index is -0.796. The Kier molecular flexibility index (Phi) is 3.18. The van der Waals surface area contributed by atoms with E-state index in [-0.39, 0.29) is 18.2 Å². The second-order valence-corrected chi connectivity index (χ2v) is 5.27. The van der Waals surface area contributed by atoms with Gasteiger partial charge in [-0.15, -0.1) is 0 Å². The molecule has 104 valence electrons. The van der Waals surface area contributed by atoms with E-state index in [1.807, 2.05) is 30.3 Å². The summed E-state index contributed by atoms with van der Waals surface area (Å²) in [4.78, 5) is 28.0. The van der Waals surface area contributed by atoms with Crippen molar-refractivity contribution in [1.82, 2.24) is 9.88 Å². The first-order chi connectivity index (χ1) is 9.63. The molecular formula is C15H16N2O3. The molecule has 5 nitrogen and oxygen atoms in total. The van der Waals surface area contributed by atoms with Gasteiger partial charge in [-0.3, -0.25) is 9.59 Å². The molecule has 0 saturated carbocycles. The number of aromatic amines is 1. The zero-order valence-electron chi connectivity index (χ0n) is 11.0. The van der Waals surface area contributed by atoms with Gasteiger partial charge in [0.25, 0.3) is 5.91 Å². The van der Waals surface area contributed by atoms with Crippen molar-refractivity contribution < 1.29 is 14.7 Å². The number of carbonyl (C=O) groups excluding carboxylic acids is 1. The lowest BCUT2D eigenvalue weighted by atomic mass is 10.1. The van der Waals surface area contributed by atoms with Crippen LogP contribution < -0.4 is 0 Å². The van der Waals surface area contributed by atoms with E-state index < -0.39 is 5.97 Å². The van der Waals surface area contributed by atoms with Crippen LogP contribution in [0.15, 0.2) is 30.3 Å². The highest BCUT2D eigenvalue weighted by molar-refractivity contribution is 5.98. The minimum Gasteiger partial charge on any atom is -0.481 e. The average molecular weight is 272 g/mol. The van der Waals surface area contributed by atoms with E-state index in [1.165, 1.54) is 0 Å². The zero-order chi connectivity index (χ0) is 14.1. The van der Waals surface area contributed by atoms with Gasteiger partial charge in [0.05, 0.1) is 0 Å². The van der Waals surface area contributed by atoms with Crippen molar-refractivity contribution in [2.45, 2.75) is 12.8 Å². The molecule has 0 aliphatic carbocycles. The van der Waals surface area contributed by atoms with Gasteiger partial charge in [0.1, 0.15) is 5.69 Å². The molecule has 1 unspecified atom stereocenters. The number of carboxylic acid groups (broad SMARTS) is 1. The topological polar surface area (TPSA) is 73.4 Å². The summed E-state index contributed by atoms with van der Waals surface area (Å²) >= 11 is 0. The molecule has 2 N–H and O–H groups in total. The lowest BCUT2D eigenvalue weighted by Gasteiger charge is -2.15. The van der Waals surface area contributed by atoms with E-state index in [0.29, 0.717) is 18.8 Å². The van der Waals surface area contributed by atoms with Crippen LogP contribution in [0, 0.1) is 5.92 Å². The highest BCUT2D eigenvalue weighted by atomic mass is 16.4. The molecule has 5 heteroatoms. The number of para-hydroxylation sites is 1. The molecule has 1 aromatic carbocycles. The molecule has 1 fully saturated rings. The van der Waals surface area contributed by atoms with Crippen LogP contribution in [0.1, 0.15) is 23.3 Å². The van der Waals surface area contributed by atoms with E-state index in [0.717, 1.165) is 17.3 Å². The lowest BCUT2D eigenvalue weighted by Crippen LogP contribution is -2.29. The van der Waals surface area contributed by atoms with Crippen molar-refractivity contribution in [1.29, 1.82) is 0 Å². The number of hydrogen-bond acceptors (Lipinski definition) is 2. The van der Waals surface area contributed by atoms with Crippen LogP contribution >= 0.6 is 0 Å². The van der Waals surface area contributed by atoms with Gasteiger partial charge in [-0.1, -0.05) is 18.2 Å². The molecule has 2 heterocycles. The van der Waals surface area contributed by atoms with Gasteiger partial charge in [0, 0.05) is 30.4 Å². The zero-order valence-corrected chi connectivity index (χ0v) is 11.0. The quantitative estimate of drug-likeness (QED) is 0.898. The molecule has 1 amide bonds. The largest absolute Gasteiger partial charge is 0.481 e. The third-order valence-electron chi connectivity index (χ3n) is 3.80. The first-order valence-electron chi connectivity index (χ1n) is 6.72. The van der Waals surface area contributed by atoms with Gasteiger partial charge in [-0.05, 0) is 24.5 Å². The normalized spacial score (nSPS) is 18.6. The fourth-order valence-electron chi connectivity index (χ4n) is 2.79. The Hall–Kier alpha value is -2.30. The molecule has 3 rings (SSSR count). The Balaban J connectivity index is 1.74. The summed E-state index contributed by atoms with van der Waals surface area (Å²) in [5.74, 6) is -0.773. The van der Waals surface area contributed by atoms with Gasteiger partial charge in [0.2, 0.25) is 0 Å². The smallest absolute Gasteiger partial charge is 0.303 e. The molecule has 0 spiro atoms. The van der Waals surface area contributed by atoms with Gasteiger partial charge in [0.15, 0.2) is 0 Å². The standard InChI is InChI=1S/C15H16N2O3/c18-14(19)7-10-5-6-17(9-10)15(20)13-8-11-3-1-2-4-12(11)16-13/h1-4,8,10,16H,5-7,9H2,(H,18,19). The Morgan fingerprint density at radius 1 is 1.35 bits per heavy atom. The van der Waals surface area contributed by atoms with Crippen LogP contribution in [0.4, 0.5) is 0 Å². The van der Waals surface area contributed by atoms with E-state index in [9.17, 15) is 9.59 Å². The molecule has 0 bridgehead atoms. The predicted molar refractivity (Wildman–Crippen MR) is 74.6 cm³/mol. The molecule has 1 atom stereocenters. The monoisotopic (exact) mass is 272 g/mol. The number of rotatable bonds is 3. The number of aromatic nitrogens is 1. The fraction of sp³-hybridized carbons (Fsp3) is 0.333. The van der Waals surface area contributed by atoms with Gasteiger partial charge in [-0.2, -0.15) is 0 Å².